The number of nitrogens with zero attached hydrogens (tertiary/aromatic N) is 5. The summed E-state index contributed by atoms with van der Waals surface area (Å²) >= 11 is 0. The van der Waals surface area contributed by atoms with E-state index < -0.39 is 6.09 Å². The molecule has 41 heavy (non-hydrogen) atoms. The summed E-state index contributed by atoms with van der Waals surface area (Å²) in [6, 6.07) is 20.9. The molecule has 2 aliphatic heterocycles. The van der Waals surface area contributed by atoms with Crippen LogP contribution in [0.3, 0.4) is 0 Å². The molecule has 1 amide bonds. The van der Waals surface area contributed by atoms with Crippen molar-refractivity contribution in [3.63, 3.8) is 0 Å². The topological polar surface area (TPSA) is 100 Å². The first-order chi connectivity index (χ1) is 20.0. The standard InChI is InChI=1S/C33H42N6O2/c1-2-6-31(41-32(35)40)19-33(24-38-18-15-36-25-38,28-7-4-3-5-8-28)29-13-16-37(17-14-29)21-27-22-39(23-27)30-11-9-26(20-34)10-12-30/h3-5,7-12,15,18,25,27,29,31H,2,6,13-14,16-17,19,21-24H2,1H3,(H2,35,40). The minimum absolute atomic E-state index is 0.216. The third kappa shape index (κ3) is 6.91. The van der Waals surface area contributed by atoms with Crippen molar-refractivity contribution in [1.82, 2.24) is 14.5 Å². The zero-order valence-electron chi connectivity index (χ0n) is 24.1. The van der Waals surface area contributed by atoms with Crippen molar-refractivity contribution in [1.29, 1.82) is 5.26 Å². The first-order valence-electron chi connectivity index (χ1n) is 14.9. The molecule has 2 unspecified atom stereocenters. The summed E-state index contributed by atoms with van der Waals surface area (Å²) in [6.45, 7) is 8.26. The number of imidazole rings is 1. The van der Waals surface area contributed by atoms with Gasteiger partial charge in [-0.15, -0.1) is 0 Å². The van der Waals surface area contributed by atoms with Crippen LogP contribution >= 0.6 is 0 Å². The monoisotopic (exact) mass is 554 g/mol. The Hall–Kier alpha value is -3.83. The number of aromatic nitrogens is 2. The van der Waals surface area contributed by atoms with Gasteiger partial charge in [0.1, 0.15) is 6.10 Å². The zero-order chi connectivity index (χ0) is 28.7. The zero-order valence-corrected chi connectivity index (χ0v) is 24.1. The van der Waals surface area contributed by atoms with Gasteiger partial charge in [0.2, 0.25) is 0 Å². The number of anilines is 1. The molecule has 2 N–H and O–H groups in total. The van der Waals surface area contributed by atoms with E-state index in [1.54, 1.807) is 0 Å². The molecular formula is C33H42N6O2. The van der Waals surface area contributed by atoms with Crippen LogP contribution in [0.5, 0.6) is 0 Å². The van der Waals surface area contributed by atoms with Crippen LogP contribution in [0.25, 0.3) is 0 Å². The van der Waals surface area contributed by atoms with Crippen molar-refractivity contribution in [2.45, 2.75) is 57.1 Å². The lowest BCUT2D eigenvalue weighted by molar-refractivity contribution is 0.0386. The molecule has 5 rings (SSSR count). The Morgan fingerprint density at radius 2 is 1.88 bits per heavy atom. The predicted octanol–water partition coefficient (Wildman–Crippen LogP) is 5.20. The number of likely N-dealkylation sites (tertiary alicyclic amines) is 1. The van der Waals surface area contributed by atoms with Gasteiger partial charge in [-0.05, 0) is 74.5 Å². The average molecular weight is 555 g/mol. The van der Waals surface area contributed by atoms with Gasteiger partial charge in [0, 0.05) is 55.6 Å². The van der Waals surface area contributed by atoms with Crippen LogP contribution in [0, 0.1) is 23.2 Å². The van der Waals surface area contributed by atoms with Crippen LogP contribution in [-0.4, -0.2) is 59.4 Å². The number of nitrogens with two attached hydrogens (primary N) is 1. The highest BCUT2D eigenvalue weighted by Gasteiger charge is 2.44. The largest absolute Gasteiger partial charge is 0.446 e. The lowest BCUT2D eigenvalue weighted by atomic mass is 9.63. The molecule has 2 aliphatic rings. The highest BCUT2D eigenvalue weighted by atomic mass is 16.6. The quantitative estimate of drug-likeness (QED) is 0.331. The Morgan fingerprint density at radius 3 is 2.49 bits per heavy atom. The van der Waals surface area contributed by atoms with Gasteiger partial charge in [-0.1, -0.05) is 43.7 Å². The molecular weight excluding hydrogens is 512 g/mol. The normalized spacial score (nSPS) is 18.7. The van der Waals surface area contributed by atoms with Crippen LogP contribution in [0.2, 0.25) is 0 Å². The number of primary amides is 1. The van der Waals surface area contributed by atoms with Crippen molar-refractivity contribution in [2.75, 3.05) is 37.6 Å². The van der Waals surface area contributed by atoms with Crippen LogP contribution in [0.4, 0.5) is 10.5 Å². The van der Waals surface area contributed by atoms with Gasteiger partial charge >= 0.3 is 6.09 Å². The van der Waals surface area contributed by atoms with Crippen LogP contribution in [0.1, 0.15) is 50.2 Å². The minimum Gasteiger partial charge on any atom is -0.446 e. The van der Waals surface area contributed by atoms with E-state index >= 15 is 0 Å². The Morgan fingerprint density at radius 1 is 1.15 bits per heavy atom. The van der Waals surface area contributed by atoms with Crippen molar-refractivity contribution in [3.8, 4) is 6.07 Å². The summed E-state index contributed by atoms with van der Waals surface area (Å²) in [6.07, 6.45) is 9.46. The fourth-order valence-electron chi connectivity index (χ4n) is 7.05. The van der Waals surface area contributed by atoms with Crippen LogP contribution < -0.4 is 10.6 Å². The fourth-order valence-corrected chi connectivity index (χ4v) is 7.05. The van der Waals surface area contributed by atoms with E-state index in [1.165, 1.54) is 11.3 Å². The highest BCUT2D eigenvalue weighted by Crippen LogP contribution is 2.45. The molecule has 0 aliphatic carbocycles. The summed E-state index contributed by atoms with van der Waals surface area (Å²) in [5.41, 5.74) is 8.52. The lowest BCUT2D eigenvalue weighted by Crippen LogP contribution is -2.54. The maximum absolute atomic E-state index is 11.9. The van der Waals surface area contributed by atoms with Gasteiger partial charge in [0.15, 0.2) is 0 Å². The van der Waals surface area contributed by atoms with Gasteiger partial charge in [0.25, 0.3) is 0 Å². The molecule has 8 heteroatoms. The Bertz CT molecular complexity index is 1280. The number of amides is 1. The summed E-state index contributed by atoms with van der Waals surface area (Å²) in [5.74, 6) is 1.08. The molecule has 1 aromatic heterocycles. The van der Waals surface area contributed by atoms with E-state index in [2.05, 4.69) is 74.8 Å². The Balaban J connectivity index is 1.29. The van der Waals surface area contributed by atoms with Gasteiger partial charge in [-0.2, -0.15) is 5.26 Å². The van der Waals surface area contributed by atoms with Gasteiger partial charge in [-0.25, -0.2) is 9.78 Å². The number of piperidine rings is 1. The summed E-state index contributed by atoms with van der Waals surface area (Å²) in [4.78, 5) is 21.3. The molecule has 0 bridgehead atoms. The molecule has 0 spiro atoms. The van der Waals surface area contributed by atoms with Gasteiger partial charge in [-0.3, -0.25) is 0 Å². The highest BCUT2D eigenvalue weighted by molar-refractivity contribution is 5.64. The van der Waals surface area contributed by atoms with Crippen molar-refractivity contribution in [2.24, 2.45) is 17.6 Å². The molecule has 0 saturated carbocycles. The number of ether oxygens (including phenoxy) is 1. The number of hydrogen-bond donors (Lipinski definition) is 1. The first-order valence-corrected chi connectivity index (χ1v) is 14.9. The van der Waals surface area contributed by atoms with E-state index in [0.717, 1.165) is 71.4 Å². The molecule has 2 atom stereocenters. The van der Waals surface area contributed by atoms with E-state index in [4.69, 9.17) is 15.7 Å². The SMILES string of the molecule is CCCC(CC(Cn1ccnc1)(c1ccccc1)C1CCN(CC2CN(c3ccc(C#N)cc3)C2)CC1)OC(N)=O. The second-order valence-corrected chi connectivity index (χ2v) is 11.8. The van der Waals surface area contributed by atoms with E-state index in [1.807, 2.05) is 30.9 Å². The van der Waals surface area contributed by atoms with Crippen LogP contribution in [0.15, 0.2) is 73.3 Å². The number of carbonyl (C=O) groups is 1. The minimum atomic E-state index is -0.696. The number of nitriles is 1. The third-order valence-corrected chi connectivity index (χ3v) is 9.06. The molecule has 2 fully saturated rings. The number of hydrogen-bond acceptors (Lipinski definition) is 6. The molecule has 3 heterocycles. The van der Waals surface area contributed by atoms with Gasteiger partial charge < -0.3 is 24.8 Å². The molecule has 2 saturated heterocycles. The summed E-state index contributed by atoms with van der Waals surface area (Å²) in [5, 5.41) is 9.06. The Labute approximate surface area is 243 Å². The van der Waals surface area contributed by atoms with E-state index in [0.29, 0.717) is 17.4 Å². The molecule has 3 aromatic rings. The van der Waals surface area contributed by atoms with Gasteiger partial charge in [0.05, 0.1) is 18.0 Å². The van der Waals surface area contributed by atoms with Crippen LogP contribution in [-0.2, 0) is 16.7 Å². The maximum atomic E-state index is 11.9. The second kappa shape index (κ2) is 13.2. The average Bonchev–Trinajstić information content (AvgIpc) is 3.48. The number of benzene rings is 2. The predicted molar refractivity (Wildman–Crippen MR) is 160 cm³/mol. The lowest BCUT2D eigenvalue weighted by Gasteiger charge is -2.48. The Kier molecular flexibility index (Phi) is 9.25. The van der Waals surface area contributed by atoms with Crippen molar-refractivity contribution in [3.05, 3.63) is 84.4 Å². The number of carbonyl (C=O) groups excluding carboxylic acids is 1. The van der Waals surface area contributed by atoms with Crippen molar-refractivity contribution >= 4 is 11.8 Å². The first kappa shape index (κ1) is 28.7. The molecule has 216 valence electrons. The van der Waals surface area contributed by atoms with E-state index in [9.17, 15) is 4.79 Å². The number of rotatable bonds is 12. The van der Waals surface area contributed by atoms with E-state index in [-0.39, 0.29) is 11.5 Å². The molecule has 8 nitrogen and oxygen atoms in total. The van der Waals surface area contributed by atoms with Crippen molar-refractivity contribution < 1.29 is 9.53 Å². The second-order valence-electron chi connectivity index (χ2n) is 11.8. The molecule has 0 radical (unpaired) electrons. The third-order valence-electron chi connectivity index (χ3n) is 9.06. The maximum Gasteiger partial charge on any atom is 0.404 e. The summed E-state index contributed by atoms with van der Waals surface area (Å²) in [7, 11) is 0. The fraction of sp³-hybridized carbons (Fsp3) is 0.485. The smallest absolute Gasteiger partial charge is 0.404 e. The summed E-state index contributed by atoms with van der Waals surface area (Å²) < 4.78 is 7.90. The molecule has 2 aromatic carbocycles.